The number of aliphatic hydroxyl groups is 1. The quantitative estimate of drug-likeness (QED) is 0.667. The molecule has 3 aromatic rings. The number of nitrogens with zero attached hydrogens (tertiary/aromatic N) is 3. The van der Waals surface area contributed by atoms with Crippen LogP contribution in [-0.4, -0.2) is 45.8 Å². The lowest BCUT2D eigenvalue weighted by molar-refractivity contribution is 0.0698. The largest absolute Gasteiger partial charge is 0.478 e. The summed E-state index contributed by atoms with van der Waals surface area (Å²) in [6.45, 7) is 2.05. The van der Waals surface area contributed by atoms with Crippen molar-refractivity contribution in [2.45, 2.75) is 31.6 Å². The fraction of sp³-hybridized carbons (Fsp3) is 0.348. The molecule has 6 nitrogen and oxygen atoms in total. The average molecular weight is 391 g/mol. The van der Waals surface area contributed by atoms with E-state index in [1.807, 2.05) is 0 Å². The lowest BCUT2D eigenvalue weighted by atomic mass is 9.91. The first-order chi connectivity index (χ1) is 14.2. The number of hydrogen-bond donors (Lipinski definition) is 2. The van der Waals surface area contributed by atoms with E-state index in [9.17, 15) is 9.90 Å². The molecule has 1 aromatic carbocycles. The van der Waals surface area contributed by atoms with Gasteiger partial charge in [-0.05, 0) is 55.5 Å². The number of aromatic carboxylic acids is 1. The van der Waals surface area contributed by atoms with Gasteiger partial charge in [0.25, 0.3) is 0 Å². The molecule has 0 radical (unpaired) electrons. The zero-order valence-corrected chi connectivity index (χ0v) is 16.3. The van der Waals surface area contributed by atoms with Crippen molar-refractivity contribution < 1.29 is 15.0 Å². The van der Waals surface area contributed by atoms with Crippen molar-refractivity contribution in [2.24, 2.45) is 0 Å². The molecule has 1 aliphatic rings. The lowest BCUT2D eigenvalue weighted by Crippen LogP contribution is -2.33. The second-order valence-corrected chi connectivity index (χ2v) is 7.55. The van der Waals surface area contributed by atoms with E-state index < -0.39 is 5.97 Å². The molecule has 0 bridgehead atoms. The summed E-state index contributed by atoms with van der Waals surface area (Å²) in [5.74, 6) is -0.684. The van der Waals surface area contributed by atoms with Crippen LogP contribution in [0.3, 0.4) is 0 Å². The predicted molar refractivity (Wildman–Crippen MR) is 113 cm³/mol. The Kier molecular flexibility index (Phi) is 5.71. The van der Waals surface area contributed by atoms with Crippen LogP contribution in [0.15, 0.2) is 48.8 Å². The second-order valence-electron chi connectivity index (χ2n) is 7.55. The number of fused-ring (bicyclic) bond motifs is 1. The third kappa shape index (κ3) is 4.22. The maximum atomic E-state index is 11.7. The highest BCUT2D eigenvalue weighted by atomic mass is 16.4. The molecule has 6 heteroatoms. The maximum absolute atomic E-state index is 11.7. The van der Waals surface area contributed by atoms with Crippen LogP contribution < -0.4 is 4.90 Å². The first kappa shape index (κ1) is 19.3. The summed E-state index contributed by atoms with van der Waals surface area (Å²) in [4.78, 5) is 22.9. The normalized spacial score (nSPS) is 15.0. The van der Waals surface area contributed by atoms with Crippen molar-refractivity contribution in [1.29, 1.82) is 0 Å². The molecular formula is C23H25N3O3. The molecule has 2 N–H and O–H groups in total. The van der Waals surface area contributed by atoms with E-state index in [0.29, 0.717) is 10.9 Å². The molecule has 0 unspecified atom stereocenters. The number of aliphatic hydroxyl groups excluding tert-OH is 1. The van der Waals surface area contributed by atoms with Crippen LogP contribution in [0.1, 0.15) is 46.8 Å². The molecule has 1 fully saturated rings. The van der Waals surface area contributed by atoms with Crippen LogP contribution in [0, 0.1) is 0 Å². The third-order valence-corrected chi connectivity index (χ3v) is 5.70. The summed E-state index contributed by atoms with van der Waals surface area (Å²) >= 11 is 0. The number of hydrogen-bond acceptors (Lipinski definition) is 5. The zero-order valence-electron chi connectivity index (χ0n) is 16.3. The predicted octanol–water partition coefficient (Wildman–Crippen LogP) is 3.64. The van der Waals surface area contributed by atoms with Crippen LogP contribution in [0.4, 0.5) is 5.69 Å². The number of aryl methyl sites for hydroxylation is 1. The van der Waals surface area contributed by atoms with E-state index >= 15 is 0 Å². The Balaban J connectivity index is 1.48. The van der Waals surface area contributed by atoms with Crippen molar-refractivity contribution in [3.63, 3.8) is 0 Å². The minimum atomic E-state index is -0.939. The summed E-state index contributed by atoms with van der Waals surface area (Å²) in [5, 5.41) is 19.1. The van der Waals surface area contributed by atoms with Crippen LogP contribution in [0.5, 0.6) is 0 Å². The molecule has 2 aromatic heterocycles. The van der Waals surface area contributed by atoms with E-state index in [1.54, 1.807) is 24.5 Å². The number of aromatic nitrogens is 2. The summed E-state index contributed by atoms with van der Waals surface area (Å²) in [5.41, 5.74) is 4.28. The van der Waals surface area contributed by atoms with Gasteiger partial charge in [0.05, 0.1) is 11.1 Å². The van der Waals surface area contributed by atoms with Crippen LogP contribution in [-0.2, 0) is 6.42 Å². The number of piperidine rings is 1. The molecule has 29 heavy (non-hydrogen) atoms. The fourth-order valence-corrected chi connectivity index (χ4v) is 4.07. The van der Waals surface area contributed by atoms with Gasteiger partial charge >= 0.3 is 5.97 Å². The Labute approximate surface area is 169 Å². The third-order valence-electron chi connectivity index (χ3n) is 5.70. The summed E-state index contributed by atoms with van der Waals surface area (Å²) in [6, 6.07) is 12.1. The van der Waals surface area contributed by atoms with Crippen molar-refractivity contribution in [1.82, 2.24) is 9.97 Å². The van der Waals surface area contributed by atoms with Crippen molar-refractivity contribution in [2.75, 3.05) is 24.6 Å². The van der Waals surface area contributed by atoms with Crippen molar-refractivity contribution in [3.05, 3.63) is 65.6 Å². The van der Waals surface area contributed by atoms with Gasteiger partial charge in [-0.25, -0.2) is 4.79 Å². The van der Waals surface area contributed by atoms with Gasteiger partial charge in [-0.15, -0.1) is 0 Å². The molecule has 3 heterocycles. The topological polar surface area (TPSA) is 86.5 Å². The molecule has 0 aliphatic carbocycles. The molecular weight excluding hydrogens is 366 g/mol. The number of anilines is 1. The Morgan fingerprint density at radius 3 is 2.59 bits per heavy atom. The Bertz CT molecular complexity index is 996. The molecule has 0 amide bonds. The van der Waals surface area contributed by atoms with Gasteiger partial charge in [-0.3, -0.25) is 9.97 Å². The van der Waals surface area contributed by atoms with Crippen molar-refractivity contribution in [3.8, 4) is 0 Å². The van der Waals surface area contributed by atoms with E-state index in [-0.39, 0.29) is 18.1 Å². The monoisotopic (exact) mass is 391 g/mol. The van der Waals surface area contributed by atoms with Crippen LogP contribution in [0.2, 0.25) is 0 Å². The van der Waals surface area contributed by atoms with Gasteiger partial charge in [0.1, 0.15) is 0 Å². The summed E-state index contributed by atoms with van der Waals surface area (Å²) in [6.07, 6.45) is 6.79. The lowest BCUT2D eigenvalue weighted by Gasteiger charge is -2.33. The SMILES string of the molecule is O=C(O)c1cc(C2CCN(c3ccc(CCCO)cc3)CC2)nc2ccncc12. The average Bonchev–Trinajstić information content (AvgIpc) is 2.77. The van der Waals surface area contributed by atoms with Gasteiger partial charge in [-0.2, -0.15) is 0 Å². The highest BCUT2D eigenvalue weighted by molar-refractivity contribution is 6.02. The van der Waals surface area contributed by atoms with E-state index in [0.717, 1.165) is 44.5 Å². The van der Waals surface area contributed by atoms with Gasteiger partial charge < -0.3 is 15.1 Å². The number of carboxylic acid groups (broad SMARTS) is 1. The number of benzene rings is 1. The summed E-state index contributed by atoms with van der Waals surface area (Å²) < 4.78 is 0. The van der Waals surface area contributed by atoms with Gasteiger partial charge in [0, 0.05) is 54.8 Å². The van der Waals surface area contributed by atoms with Crippen LogP contribution >= 0.6 is 0 Å². The highest BCUT2D eigenvalue weighted by Crippen LogP contribution is 2.31. The Hall–Kier alpha value is -2.99. The maximum Gasteiger partial charge on any atom is 0.336 e. The molecule has 0 atom stereocenters. The molecule has 150 valence electrons. The number of carboxylic acids is 1. The number of pyridine rings is 2. The van der Waals surface area contributed by atoms with Crippen LogP contribution in [0.25, 0.3) is 10.9 Å². The second kappa shape index (κ2) is 8.57. The highest BCUT2D eigenvalue weighted by Gasteiger charge is 2.24. The zero-order chi connectivity index (χ0) is 20.2. The number of rotatable bonds is 6. The van der Waals surface area contributed by atoms with E-state index in [2.05, 4.69) is 34.1 Å². The summed E-state index contributed by atoms with van der Waals surface area (Å²) in [7, 11) is 0. The van der Waals surface area contributed by atoms with Gasteiger partial charge in [0.15, 0.2) is 0 Å². The smallest absolute Gasteiger partial charge is 0.336 e. The molecule has 1 saturated heterocycles. The Morgan fingerprint density at radius 2 is 1.90 bits per heavy atom. The molecule has 4 rings (SSSR count). The van der Waals surface area contributed by atoms with E-state index in [1.165, 1.54) is 11.3 Å². The Morgan fingerprint density at radius 1 is 1.14 bits per heavy atom. The minimum Gasteiger partial charge on any atom is -0.478 e. The number of carbonyl (C=O) groups is 1. The standard InChI is InChI=1S/C23H25N3O3/c27-13-1-2-16-3-5-18(6-4-16)26-11-8-17(9-12-26)22-14-19(23(28)29)20-15-24-10-7-21(20)25-22/h3-7,10,14-15,17,27H,1-2,8-9,11-13H2,(H,28,29). The minimum absolute atomic E-state index is 0.220. The first-order valence-corrected chi connectivity index (χ1v) is 10.1. The molecule has 0 spiro atoms. The van der Waals surface area contributed by atoms with Gasteiger partial charge in [-0.1, -0.05) is 12.1 Å². The molecule has 0 saturated carbocycles. The van der Waals surface area contributed by atoms with E-state index in [4.69, 9.17) is 10.1 Å². The molecule has 1 aliphatic heterocycles. The van der Waals surface area contributed by atoms with Gasteiger partial charge in [0.2, 0.25) is 0 Å². The first-order valence-electron chi connectivity index (χ1n) is 10.1. The van der Waals surface area contributed by atoms with Crippen molar-refractivity contribution >= 4 is 22.6 Å². The fourth-order valence-electron chi connectivity index (χ4n) is 4.07.